The Bertz CT molecular complexity index is 2790. The summed E-state index contributed by atoms with van der Waals surface area (Å²) in [5.74, 6) is 0.885. The molecule has 0 aliphatic carbocycles. The fourth-order valence-corrected chi connectivity index (χ4v) is 7.60. The summed E-state index contributed by atoms with van der Waals surface area (Å²) in [5.41, 5.74) is 12.9. The first-order valence-electron chi connectivity index (χ1n) is 18.1. The molecule has 3 heterocycles. The molecular formula is C48H40N5Pt-. The summed E-state index contributed by atoms with van der Waals surface area (Å²) in [6.07, 6.45) is 4.09. The first-order chi connectivity index (χ1) is 25.8. The molecule has 0 saturated carbocycles. The van der Waals surface area contributed by atoms with E-state index in [1.54, 1.807) is 0 Å². The molecular weight excluding hydrogens is 842 g/mol. The van der Waals surface area contributed by atoms with Crippen molar-refractivity contribution >= 4 is 49.9 Å². The third kappa shape index (κ3) is 6.03. The van der Waals surface area contributed by atoms with Crippen molar-refractivity contribution in [3.63, 3.8) is 0 Å². The zero-order valence-electron chi connectivity index (χ0n) is 31.0. The Morgan fingerprint density at radius 2 is 1.26 bits per heavy atom. The fraction of sp³-hybridized carbons (Fsp3) is 0.125. The molecule has 0 unspecified atom stereocenters. The van der Waals surface area contributed by atoms with E-state index in [0.29, 0.717) is 0 Å². The molecule has 0 fully saturated rings. The Kier molecular flexibility index (Phi) is 9.07. The van der Waals surface area contributed by atoms with Crippen molar-refractivity contribution in [1.82, 2.24) is 18.7 Å². The molecule has 268 valence electrons. The molecule has 0 aliphatic heterocycles. The van der Waals surface area contributed by atoms with E-state index in [1.807, 2.05) is 6.20 Å². The van der Waals surface area contributed by atoms with Crippen LogP contribution in [0.15, 0.2) is 152 Å². The minimum absolute atomic E-state index is 0. The van der Waals surface area contributed by atoms with E-state index in [0.717, 1.165) is 61.7 Å². The van der Waals surface area contributed by atoms with Crippen LogP contribution in [0, 0.1) is 26.0 Å². The molecule has 3 aromatic heterocycles. The number of aryl methyl sites for hydroxylation is 2. The van der Waals surface area contributed by atoms with Gasteiger partial charge in [0, 0.05) is 56.3 Å². The van der Waals surface area contributed by atoms with E-state index >= 15 is 0 Å². The normalized spacial score (nSPS) is 11.6. The van der Waals surface area contributed by atoms with Crippen molar-refractivity contribution in [2.45, 2.75) is 40.0 Å². The first kappa shape index (κ1) is 35.3. The number of hydrogen-bond acceptors (Lipinski definition) is 2. The minimum Gasteiger partial charge on any atom is -0.357 e. The summed E-state index contributed by atoms with van der Waals surface area (Å²) >= 11 is 0. The number of benzene rings is 6. The third-order valence-electron chi connectivity index (χ3n) is 10.2. The van der Waals surface area contributed by atoms with Crippen LogP contribution in [0.5, 0.6) is 0 Å². The summed E-state index contributed by atoms with van der Waals surface area (Å²) < 4.78 is 6.73. The average Bonchev–Trinajstić information content (AvgIpc) is 3.73. The molecule has 0 N–H and O–H groups in total. The molecule has 54 heavy (non-hydrogen) atoms. The van der Waals surface area contributed by atoms with Crippen molar-refractivity contribution < 1.29 is 21.1 Å². The summed E-state index contributed by atoms with van der Waals surface area (Å²) in [5, 5.41) is 2.31. The summed E-state index contributed by atoms with van der Waals surface area (Å²) in [4.78, 5) is 7.24. The van der Waals surface area contributed by atoms with Gasteiger partial charge in [-0.15, -0.1) is 29.7 Å². The van der Waals surface area contributed by atoms with Gasteiger partial charge < -0.3 is 9.47 Å². The predicted octanol–water partition coefficient (Wildman–Crippen LogP) is 12.2. The van der Waals surface area contributed by atoms with Crippen molar-refractivity contribution in [2.24, 2.45) is 0 Å². The predicted molar refractivity (Wildman–Crippen MR) is 220 cm³/mol. The Hall–Kier alpha value is -5.77. The third-order valence-corrected chi connectivity index (χ3v) is 10.2. The second-order valence-electron chi connectivity index (χ2n) is 14.8. The Morgan fingerprint density at radius 3 is 2.00 bits per heavy atom. The van der Waals surface area contributed by atoms with Crippen LogP contribution >= 0.6 is 0 Å². The van der Waals surface area contributed by atoms with Gasteiger partial charge in [0.1, 0.15) is 11.5 Å². The quantitative estimate of drug-likeness (QED) is 0.156. The molecule has 6 aromatic carbocycles. The van der Waals surface area contributed by atoms with Gasteiger partial charge in [-0.2, -0.15) is 16.7 Å². The van der Waals surface area contributed by atoms with E-state index < -0.39 is 0 Å². The van der Waals surface area contributed by atoms with Crippen molar-refractivity contribution in [1.29, 1.82) is 0 Å². The van der Waals surface area contributed by atoms with Gasteiger partial charge in [-0.25, -0.2) is 9.55 Å². The van der Waals surface area contributed by atoms with Crippen molar-refractivity contribution in [3.05, 3.63) is 181 Å². The fourth-order valence-electron chi connectivity index (χ4n) is 7.60. The Morgan fingerprint density at radius 1 is 0.611 bits per heavy atom. The SMILES string of the molecule is Cc1cccc(C)c1N(c1[c-]c(-n2[cH+]n(-c3ccccc3)c3ccccc32)ccc1)c1[c-]c2c(cc1)c1ccccc1n2-c1cc(C(C)(C)C)ccn1.[Pt]. The molecule has 5 nitrogen and oxygen atoms in total. The van der Waals surface area contributed by atoms with Gasteiger partial charge in [0.25, 0.3) is 0 Å². The zero-order valence-corrected chi connectivity index (χ0v) is 33.3. The van der Waals surface area contributed by atoms with Gasteiger partial charge in [0.05, 0.1) is 0 Å². The zero-order chi connectivity index (χ0) is 36.3. The largest absolute Gasteiger partial charge is 0.357 e. The number of hydrogen-bond donors (Lipinski definition) is 0. The van der Waals surface area contributed by atoms with E-state index in [1.165, 1.54) is 22.1 Å². The molecule has 0 radical (unpaired) electrons. The molecule has 0 bridgehead atoms. The number of rotatable bonds is 6. The monoisotopic (exact) mass is 881 g/mol. The molecule has 0 aliphatic rings. The number of fused-ring (bicyclic) bond motifs is 4. The van der Waals surface area contributed by atoms with Crippen LogP contribution < -0.4 is 4.90 Å². The van der Waals surface area contributed by atoms with Gasteiger partial charge in [-0.05, 0) is 71.7 Å². The number of imidazole rings is 1. The Balaban J connectivity index is 0.00000413. The molecule has 6 heteroatoms. The molecule has 0 saturated heterocycles. The van der Waals surface area contributed by atoms with E-state index in [4.69, 9.17) is 4.98 Å². The maximum Gasteiger partial charge on any atom is 0.168 e. The van der Waals surface area contributed by atoms with Gasteiger partial charge in [-0.1, -0.05) is 110 Å². The van der Waals surface area contributed by atoms with Gasteiger partial charge in [-0.3, -0.25) is 0 Å². The first-order valence-corrected chi connectivity index (χ1v) is 18.1. The van der Waals surface area contributed by atoms with Crippen molar-refractivity contribution in [2.75, 3.05) is 4.90 Å². The maximum atomic E-state index is 4.93. The summed E-state index contributed by atoms with van der Waals surface area (Å²) in [6.45, 7) is 11.1. The standard InChI is InChI=1S/C48H40N5.Pt/c1-33-15-13-16-34(2)47(33)52(38-20-14-19-37(30-38)51-32-50(36-17-7-6-8-18-36)43-23-11-12-24-44(43)51)39-25-26-41-40-21-9-10-22-42(40)53(45(41)31-39)46-29-35(27-28-49-46)48(3,4)5;/h6-29,32H,1-5H3;/q-1;. The van der Waals surface area contributed by atoms with E-state index in [9.17, 15) is 0 Å². The van der Waals surface area contributed by atoms with Gasteiger partial charge >= 0.3 is 0 Å². The van der Waals surface area contributed by atoms with Crippen LogP contribution in [0.2, 0.25) is 0 Å². The van der Waals surface area contributed by atoms with E-state index in [-0.39, 0.29) is 26.5 Å². The van der Waals surface area contributed by atoms with Crippen molar-refractivity contribution in [3.8, 4) is 17.2 Å². The van der Waals surface area contributed by atoms with Crippen LogP contribution in [-0.4, -0.2) is 18.7 Å². The molecule has 0 spiro atoms. The molecule has 0 amide bonds. The topological polar surface area (TPSA) is 30.9 Å². The number of nitrogens with zero attached hydrogens (tertiary/aromatic N) is 5. The van der Waals surface area contributed by atoms with Crippen LogP contribution in [0.4, 0.5) is 17.1 Å². The van der Waals surface area contributed by atoms with Crippen LogP contribution in [0.3, 0.4) is 0 Å². The van der Waals surface area contributed by atoms with Gasteiger partial charge in [0.15, 0.2) is 17.4 Å². The summed E-state index contributed by atoms with van der Waals surface area (Å²) in [6, 6.07) is 57.0. The number of anilines is 3. The Labute approximate surface area is 331 Å². The number of para-hydroxylation sites is 5. The number of pyridine rings is 1. The van der Waals surface area contributed by atoms with Crippen LogP contribution in [-0.2, 0) is 26.5 Å². The minimum atomic E-state index is -0.0171. The van der Waals surface area contributed by atoms with E-state index in [2.05, 4.69) is 211 Å². The smallest absolute Gasteiger partial charge is 0.168 e. The van der Waals surface area contributed by atoms with Crippen LogP contribution in [0.1, 0.15) is 37.5 Å². The molecule has 9 aromatic rings. The second-order valence-corrected chi connectivity index (χ2v) is 14.8. The summed E-state index contributed by atoms with van der Waals surface area (Å²) in [7, 11) is 0. The molecule has 0 atom stereocenters. The maximum absolute atomic E-state index is 4.93. The van der Waals surface area contributed by atoms with Gasteiger partial charge in [0.2, 0.25) is 0 Å². The molecule has 9 rings (SSSR count). The number of aromatic nitrogens is 4. The van der Waals surface area contributed by atoms with Crippen LogP contribution in [0.25, 0.3) is 50.0 Å². The second kappa shape index (κ2) is 13.9. The average molecular weight is 882 g/mol.